The highest BCUT2D eigenvalue weighted by molar-refractivity contribution is 5.74. The molecule has 0 aliphatic carbocycles. The van der Waals surface area contributed by atoms with Crippen LogP contribution in [0.2, 0.25) is 0 Å². The number of hydrogen-bond donors (Lipinski definition) is 2. The first kappa shape index (κ1) is 12.6. The van der Waals surface area contributed by atoms with E-state index in [1.807, 2.05) is 18.2 Å². The molecule has 1 aromatic heterocycles. The summed E-state index contributed by atoms with van der Waals surface area (Å²) < 4.78 is 0. The molecule has 2 heterocycles. The molecule has 102 valence electrons. The van der Waals surface area contributed by atoms with Crippen molar-refractivity contribution in [1.82, 2.24) is 20.2 Å². The normalized spacial score (nSPS) is 20.7. The highest BCUT2D eigenvalue weighted by atomic mass is 15.2. The van der Waals surface area contributed by atoms with E-state index in [0.29, 0.717) is 12.1 Å². The van der Waals surface area contributed by atoms with Gasteiger partial charge in [0.15, 0.2) is 0 Å². The maximum atomic E-state index is 4.60. The van der Waals surface area contributed by atoms with Gasteiger partial charge in [0.2, 0.25) is 0 Å². The molecule has 1 saturated heterocycles. The largest absolute Gasteiger partial charge is 0.341 e. The van der Waals surface area contributed by atoms with Gasteiger partial charge in [-0.25, -0.2) is 4.98 Å². The molecule has 2 N–H and O–H groups in total. The first-order valence-electron chi connectivity index (χ1n) is 7.13. The minimum Gasteiger partial charge on any atom is -0.341 e. The van der Waals surface area contributed by atoms with Crippen LogP contribution in [0.4, 0.5) is 0 Å². The van der Waals surface area contributed by atoms with E-state index in [1.165, 1.54) is 13.0 Å². The van der Waals surface area contributed by atoms with Crippen LogP contribution in [0.15, 0.2) is 24.3 Å². The lowest BCUT2D eigenvalue weighted by molar-refractivity contribution is 0.268. The third kappa shape index (κ3) is 2.80. The molecule has 0 saturated carbocycles. The van der Waals surface area contributed by atoms with Crippen LogP contribution in [-0.2, 0) is 6.54 Å². The summed E-state index contributed by atoms with van der Waals surface area (Å²) in [6.07, 6.45) is 1.23. The highest BCUT2D eigenvalue weighted by Crippen LogP contribution is 2.14. The lowest BCUT2D eigenvalue weighted by Crippen LogP contribution is -2.35. The second kappa shape index (κ2) is 5.31. The molecular formula is C15H22N4. The zero-order chi connectivity index (χ0) is 13.2. The summed E-state index contributed by atoms with van der Waals surface area (Å²) in [6.45, 7) is 7.71. The Hall–Kier alpha value is -1.39. The van der Waals surface area contributed by atoms with E-state index in [0.717, 1.165) is 29.9 Å². The fourth-order valence-electron chi connectivity index (χ4n) is 2.75. The van der Waals surface area contributed by atoms with Crippen molar-refractivity contribution in [3.05, 3.63) is 30.1 Å². The molecule has 1 unspecified atom stereocenters. The van der Waals surface area contributed by atoms with Gasteiger partial charge in [-0.3, -0.25) is 4.90 Å². The number of H-pyrrole nitrogens is 1. The molecule has 0 amide bonds. The number of para-hydroxylation sites is 2. The number of nitrogens with one attached hydrogen (secondary N) is 2. The predicted octanol–water partition coefficient (Wildman–Crippen LogP) is 2.14. The van der Waals surface area contributed by atoms with Crippen molar-refractivity contribution in [3.8, 4) is 0 Å². The molecule has 3 rings (SSSR count). The Balaban J connectivity index is 1.58. The van der Waals surface area contributed by atoms with Gasteiger partial charge in [0.25, 0.3) is 0 Å². The first-order chi connectivity index (χ1) is 9.22. The van der Waals surface area contributed by atoms with E-state index in [2.05, 4.69) is 40.1 Å². The predicted molar refractivity (Wildman–Crippen MR) is 78.0 cm³/mol. The summed E-state index contributed by atoms with van der Waals surface area (Å²) in [5, 5.41) is 3.61. The van der Waals surface area contributed by atoms with Crippen molar-refractivity contribution in [1.29, 1.82) is 0 Å². The number of fused-ring (bicyclic) bond motifs is 1. The van der Waals surface area contributed by atoms with E-state index in [9.17, 15) is 0 Å². The standard InChI is InChI=1S/C15H22N4/c1-11(2)19-8-7-12(10-19)16-9-15-17-13-5-3-4-6-14(13)18-15/h3-6,11-12,16H,7-10H2,1-2H3,(H,17,18). The number of imidazole rings is 1. The third-order valence-corrected chi connectivity index (χ3v) is 3.95. The number of benzene rings is 1. The number of aromatic amines is 1. The minimum absolute atomic E-state index is 0.593. The molecule has 0 radical (unpaired) electrons. The van der Waals surface area contributed by atoms with E-state index >= 15 is 0 Å². The molecule has 1 aromatic carbocycles. The molecule has 1 aliphatic rings. The Morgan fingerprint density at radius 1 is 1.42 bits per heavy atom. The first-order valence-corrected chi connectivity index (χ1v) is 7.13. The van der Waals surface area contributed by atoms with E-state index in [-0.39, 0.29) is 0 Å². The van der Waals surface area contributed by atoms with Crippen LogP contribution in [0, 0.1) is 0 Å². The topological polar surface area (TPSA) is 44.0 Å². The van der Waals surface area contributed by atoms with E-state index in [4.69, 9.17) is 0 Å². The maximum Gasteiger partial charge on any atom is 0.121 e. The van der Waals surface area contributed by atoms with Crippen LogP contribution in [0.5, 0.6) is 0 Å². The summed E-state index contributed by atoms with van der Waals surface area (Å²) in [5.74, 6) is 1.03. The molecule has 1 atom stereocenters. The SMILES string of the molecule is CC(C)N1CCC(NCc2nc3ccccc3[nH]2)C1. The quantitative estimate of drug-likeness (QED) is 0.883. The van der Waals surface area contributed by atoms with Crippen molar-refractivity contribution in [3.63, 3.8) is 0 Å². The molecule has 0 bridgehead atoms. The molecule has 4 heteroatoms. The van der Waals surface area contributed by atoms with Gasteiger partial charge in [-0.05, 0) is 38.9 Å². The number of likely N-dealkylation sites (tertiary alicyclic amines) is 1. The molecular weight excluding hydrogens is 236 g/mol. The monoisotopic (exact) mass is 258 g/mol. The summed E-state index contributed by atoms with van der Waals surface area (Å²) >= 11 is 0. The third-order valence-electron chi connectivity index (χ3n) is 3.95. The Morgan fingerprint density at radius 2 is 2.26 bits per heavy atom. The Bertz CT molecular complexity index is 513. The van der Waals surface area contributed by atoms with Crippen molar-refractivity contribution in [2.45, 2.75) is 38.9 Å². The van der Waals surface area contributed by atoms with E-state index in [1.54, 1.807) is 0 Å². The highest BCUT2D eigenvalue weighted by Gasteiger charge is 2.23. The number of hydrogen-bond acceptors (Lipinski definition) is 3. The van der Waals surface area contributed by atoms with Crippen molar-refractivity contribution >= 4 is 11.0 Å². The fraction of sp³-hybridized carbons (Fsp3) is 0.533. The molecule has 1 aliphatic heterocycles. The van der Waals surface area contributed by atoms with Crippen molar-refractivity contribution in [2.24, 2.45) is 0 Å². The summed E-state index contributed by atoms with van der Waals surface area (Å²) in [4.78, 5) is 10.5. The van der Waals surface area contributed by atoms with Gasteiger partial charge in [0.1, 0.15) is 5.82 Å². The summed E-state index contributed by atoms with van der Waals surface area (Å²) in [7, 11) is 0. The second-order valence-electron chi connectivity index (χ2n) is 5.66. The lowest BCUT2D eigenvalue weighted by atomic mass is 10.2. The Kier molecular flexibility index (Phi) is 3.53. The number of aromatic nitrogens is 2. The lowest BCUT2D eigenvalue weighted by Gasteiger charge is -2.20. The van der Waals surface area contributed by atoms with Gasteiger partial charge in [-0.1, -0.05) is 12.1 Å². The summed E-state index contributed by atoms with van der Waals surface area (Å²) in [6, 6.07) is 9.43. The van der Waals surface area contributed by atoms with E-state index < -0.39 is 0 Å². The zero-order valence-corrected chi connectivity index (χ0v) is 11.7. The van der Waals surface area contributed by atoms with Gasteiger partial charge in [-0.15, -0.1) is 0 Å². The fourth-order valence-corrected chi connectivity index (χ4v) is 2.75. The van der Waals surface area contributed by atoms with Crippen LogP contribution in [-0.4, -0.2) is 40.0 Å². The molecule has 4 nitrogen and oxygen atoms in total. The average Bonchev–Trinajstić information content (AvgIpc) is 3.02. The molecule has 1 fully saturated rings. The zero-order valence-electron chi connectivity index (χ0n) is 11.7. The van der Waals surface area contributed by atoms with Gasteiger partial charge < -0.3 is 10.3 Å². The maximum absolute atomic E-state index is 4.60. The average molecular weight is 258 g/mol. The van der Waals surface area contributed by atoms with Crippen LogP contribution < -0.4 is 5.32 Å². The van der Waals surface area contributed by atoms with Crippen LogP contribution in [0.1, 0.15) is 26.1 Å². The molecule has 2 aromatic rings. The Labute approximate surface area is 114 Å². The van der Waals surface area contributed by atoms with Crippen LogP contribution >= 0.6 is 0 Å². The smallest absolute Gasteiger partial charge is 0.121 e. The summed E-state index contributed by atoms with van der Waals surface area (Å²) in [5.41, 5.74) is 2.17. The minimum atomic E-state index is 0.593. The van der Waals surface area contributed by atoms with Crippen LogP contribution in [0.25, 0.3) is 11.0 Å². The number of rotatable bonds is 4. The van der Waals surface area contributed by atoms with Gasteiger partial charge in [0, 0.05) is 18.6 Å². The van der Waals surface area contributed by atoms with Gasteiger partial charge in [-0.2, -0.15) is 0 Å². The van der Waals surface area contributed by atoms with Crippen LogP contribution in [0.3, 0.4) is 0 Å². The van der Waals surface area contributed by atoms with Gasteiger partial charge >= 0.3 is 0 Å². The van der Waals surface area contributed by atoms with Gasteiger partial charge in [0.05, 0.1) is 17.6 Å². The number of nitrogens with zero attached hydrogens (tertiary/aromatic N) is 2. The Morgan fingerprint density at radius 3 is 3.00 bits per heavy atom. The molecule has 19 heavy (non-hydrogen) atoms. The van der Waals surface area contributed by atoms with Crippen molar-refractivity contribution < 1.29 is 0 Å². The van der Waals surface area contributed by atoms with Crippen molar-refractivity contribution in [2.75, 3.05) is 13.1 Å². The second-order valence-corrected chi connectivity index (χ2v) is 5.66. The molecule has 0 spiro atoms.